The summed E-state index contributed by atoms with van der Waals surface area (Å²) in [7, 11) is 1.10. The largest absolute Gasteiger partial charge is 0.780 e. The summed E-state index contributed by atoms with van der Waals surface area (Å²) in [4.78, 5) is 194. The molecule has 50 nitrogen and oxygen atoms in total. The third kappa shape index (κ3) is 22.0. The summed E-state index contributed by atoms with van der Waals surface area (Å²) in [6.45, 7) is -24.4. The van der Waals surface area contributed by atoms with E-state index >= 15 is 0 Å². The average Bonchev–Trinajstić information content (AvgIpc) is 1.62. The van der Waals surface area contributed by atoms with E-state index in [-0.39, 0.29) is 95.0 Å². The van der Waals surface area contributed by atoms with Crippen LogP contribution in [0.5, 0.6) is 0 Å². The third-order valence-electron chi connectivity index (χ3n) is 20.5. The summed E-state index contributed by atoms with van der Waals surface area (Å²) in [5.74, 6) is -0.138. The molecule has 62 heteroatoms. The number of H-pyrrole nitrogens is 3. The average molecular weight is 1960 g/mol. The predicted molar refractivity (Wildman–Crippen MR) is 441 cm³/mol. The first-order chi connectivity index (χ1) is 58.4. The van der Waals surface area contributed by atoms with E-state index in [1.807, 2.05) is 0 Å². The van der Waals surface area contributed by atoms with E-state index < -0.39 is 230 Å². The summed E-state index contributed by atoms with van der Waals surface area (Å²) in [5, 5.41) is 0. The Morgan fingerprint density at radius 2 is 0.742 bits per heavy atom. The van der Waals surface area contributed by atoms with E-state index in [1.165, 1.54) is 73.7 Å². The van der Waals surface area contributed by atoms with Gasteiger partial charge in [0.05, 0.1) is 88.4 Å². The topological polar surface area (TPSA) is 660 Å². The summed E-state index contributed by atoms with van der Waals surface area (Å²) < 4.78 is 129. The fourth-order valence-electron chi connectivity index (χ4n) is 14.4. The van der Waals surface area contributed by atoms with Gasteiger partial charge < -0.3 is 137 Å². The fourth-order valence-corrected chi connectivity index (χ4v) is 22.6. The minimum atomic E-state index is -4.95. The predicted octanol–water partition coefficient (Wildman–Crippen LogP) is -1.06. The minimum Gasteiger partial charge on any atom is -0.780 e. The van der Waals surface area contributed by atoms with Gasteiger partial charge in [-0.3, -0.25) is 61.3 Å². The van der Waals surface area contributed by atoms with Gasteiger partial charge in [-0.15, -0.1) is 0 Å². The Kier molecular flexibility index (Phi) is 29.0. The first-order valence-electron chi connectivity index (χ1n) is 37.3. The Bertz CT molecular complexity index is 6130. The minimum absolute atomic E-state index is 0.00470. The Morgan fingerprint density at radius 3 is 1.09 bits per heavy atom. The zero-order valence-electron chi connectivity index (χ0n) is 65.4. The molecule has 0 amide bonds. The van der Waals surface area contributed by atoms with Gasteiger partial charge in [0, 0.05) is 92.7 Å². The molecular weight excluding hydrogens is 1890 g/mol. The van der Waals surface area contributed by atoms with E-state index in [4.69, 9.17) is 171 Å². The monoisotopic (exact) mass is 1960 g/mol. The molecule has 6 aliphatic rings. The van der Waals surface area contributed by atoms with Crippen molar-refractivity contribution in [2.75, 3.05) is 57.3 Å². The van der Waals surface area contributed by atoms with Crippen LogP contribution in [-0.2, 0) is 159 Å². The maximum absolute atomic E-state index is 14.9. The van der Waals surface area contributed by atoms with Crippen LogP contribution >= 0.6 is 40.4 Å². The summed E-state index contributed by atoms with van der Waals surface area (Å²) >= 11 is 32.5. The van der Waals surface area contributed by atoms with Gasteiger partial charge in [-0.25, -0.2) is 49.1 Å². The van der Waals surface area contributed by atoms with Crippen LogP contribution in [0.25, 0.3) is 22.3 Å². The normalized spacial score (nSPS) is 29.6. The summed E-state index contributed by atoms with van der Waals surface area (Å²) in [5.41, 5.74) is 14.2. The summed E-state index contributed by atoms with van der Waals surface area (Å²) in [6, 6.07) is 0. The molecule has 0 spiro atoms. The molecule has 6 aliphatic heterocycles. The Morgan fingerprint density at radius 1 is 0.444 bits per heavy atom. The molecule has 678 valence electrons. The number of imidazole rings is 2. The number of fused-ring (bicyclic) bond motifs is 2. The van der Waals surface area contributed by atoms with Crippen molar-refractivity contribution >= 4 is 151 Å². The van der Waals surface area contributed by atoms with Crippen LogP contribution in [-0.4, -0.2) is 196 Å². The lowest BCUT2D eigenvalue weighted by atomic mass is 10.1. The maximum atomic E-state index is 14.9. The summed E-state index contributed by atoms with van der Waals surface area (Å²) in [6.07, 6.45) is -14.4. The van der Waals surface area contributed by atoms with Gasteiger partial charge in [-0.1, -0.05) is 54.2 Å². The van der Waals surface area contributed by atoms with Gasteiger partial charge in [0.15, 0.2) is 29.7 Å². The molecule has 6 fully saturated rings. The number of aryl methyl sites for hydroxylation is 4. The molecule has 0 aromatic carbocycles. The quantitative estimate of drug-likeness (QED) is 0.0184. The van der Waals surface area contributed by atoms with E-state index in [2.05, 4.69) is 49.8 Å². The van der Waals surface area contributed by atoms with E-state index in [9.17, 15) is 62.6 Å². The lowest BCUT2D eigenvalue weighted by Crippen LogP contribution is -2.34. The molecule has 14 rings (SSSR count). The molecule has 6 saturated heterocycles. The highest BCUT2D eigenvalue weighted by Gasteiger charge is 2.48. The smallest absolute Gasteiger partial charge is 0.351 e. The SMILES string of the molecule is CC[C@H]1O[C@@H](n2cc(C)c(=O)[nH]c2=O)C[C@H]1OP([O-])(=S)OC[C@H]1O[C@@H](n2cc(C)c(=O)[nH]c2=O)C[C@H]1OP(=O)([S-])OC[C@H]1O[C@@H](n2cc(C)c(N)nc2=O)C[C@H]1OP([O-])(=S)OC[C@H]1O[C@@H](n2cnc3c(N)ncnc32)C[C@H]1OP([O-])(=S)OC[C@H]1O[C@@H](n2cnc3c(N)ncnc32)C[C@H]1OP([O-])(=S)OC[C@H]1O[C@@H](n2cc(C)c(=O)[nH]c2=O)C[C@H]1OP(O)(=S)OC. The number of nitrogen functional groups attached to an aromatic ring is 3. The van der Waals surface area contributed by atoms with Gasteiger partial charge in [-0.2, -0.15) is 4.98 Å². The highest BCUT2D eigenvalue weighted by Crippen LogP contribution is 2.56. The van der Waals surface area contributed by atoms with Crippen LogP contribution in [0, 0.1) is 27.7 Å². The Hall–Kier alpha value is -5.67. The molecule has 0 aliphatic carbocycles. The molecule has 124 heavy (non-hydrogen) atoms. The van der Waals surface area contributed by atoms with Gasteiger partial charge in [0.1, 0.15) is 124 Å². The number of nitrogens with zero attached hydrogens (tertiary/aromatic N) is 13. The fraction of sp³-hybridized carbons (Fsp3) is 0.581. The van der Waals surface area contributed by atoms with Gasteiger partial charge in [0.2, 0.25) is 0 Å². The third-order valence-corrected chi connectivity index (χ3v) is 30.1. The Labute approximate surface area is 728 Å². The van der Waals surface area contributed by atoms with Crippen LogP contribution in [0.15, 0.2) is 83.7 Å². The lowest BCUT2D eigenvalue weighted by molar-refractivity contribution is -0.221. The van der Waals surface area contributed by atoms with Crippen molar-refractivity contribution in [3.63, 3.8) is 0 Å². The van der Waals surface area contributed by atoms with Crippen LogP contribution in [0.4, 0.5) is 17.5 Å². The van der Waals surface area contributed by atoms with Crippen molar-refractivity contribution < 1.29 is 112 Å². The zero-order valence-corrected chi connectivity index (χ0v) is 75.6. The maximum Gasteiger partial charge on any atom is 0.351 e. The van der Waals surface area contributed by atoms with Crippen LogP contribution in [0.2, 0.25) is 0 Å². The van der Waals surface area contributed by atoms with Crippen molar-refractivity contribution in [2.45, 2.75) is 190 Å². The molecule has 0 saturated carbocycles. The molecular formula is C62H78N19O31P6S6-5. The molecule has 10 N–H and O–H groups in total. The molecule has 6 unspecified atom stereocenters. The first-order valence-corrected chi connectivity index (χ1v) is 52.6. The van der Waals surface area contributed by atoms with Gasteiger partial charge in [0.25, 0.3) is 16.7 Å². The van der Waals surface area contributed by atoms with Crippen LogP contribution in [0.3, 0.4) is 0 Å². The molecule has 0 bridgehead atoms. The van der Waals surface area contributed by atoms with E-state index in [0.717, 1.165) is 31.7 Å². The van der Waals surface area contributed by atoms with Crippen molar-refractivity contribution in [3.8, 4) is 0 Å². The van der Waals surface area contributed by atoms with Gasteiger partial charge in [-0.05, 0) is 45.9 Å². The van der Waals surface area contributed by atoms with Crippen molar-refractivity contribution in [1.29, 1.82) is 0 Å². The number of hydrogen-bond acceptors (Lipinski definition) is 46. The van der Waals surface area contributed by atoms with Crippen LogP contribution in [0.1, 0.15) is 111 Å². The second-order valence-corrected chi connectivity index (χ2v) is 45.4. The highest BCUT2D eigenvalue weighted by atomic mass is 32.7. The molecule has 8 aromatic rings. The number of rotatable bonds is 35. The van der Waals surface area contributed by atoms with Crippen molar-refractivity contribution in [3.05, 3.63) is 145 Å². The number of ether oxygens (including phenoxy) is 6. The van der Waals surface area contributed by atoms with Crippen LogP contribution < -0.4 is 76.2 Å². The first kappa shape index (κ1) is 94.4. The zero-order chi connectivity index (χ0) is 89.2. The second-order valence-electron chi connectivity index (χ2n) is 28.9. The second kappa shape index (κ2) is 38.0. The standard InChI is InChI=1S/C62H83N19O31P6S6/c1-7-31-32(8-43(101-31)77-15-28(3)56(82)73-60(77)86)108-114(90,120)96-19-40-35(11-46(104-40)79-17-30(5)58(84)75-62(79)88)110-115(91,121)98-20-39-34(10-44(103-39)76-14-27(2)51(63)72-59(76)85)109-116(92,122)99-21-41-37(13-48(105-41)81-26-71-50-53(65)67-24-69-55(50)81)112-118(94,124)100-22-42-36(12-47(106-42)80-25-70-49-52(64)66-23-68-54(49)80)111-117(93,123)97-18-38-33(107-113(89,119)95-6)9-45(102-38)78-16-29(4)57(83)74-61(78)87/h14-17,23-26,31-48H,7-13,18-22H2,1-6H3,(H,89,119)(H,90,120)(H,91,121)(H,92,122)(H,93,123)(H,94,124)(H2,63,72,85)(H2,64,66,68)(H2,65,67,69)(H,73,82,86)(H,74,83,87)(H,75,84,88)/p-5/t31-,32-,33-,34-,35-,36-,37-,38-,39-,40-,41-,42-,43-,44-,45-,46-,47-,48-,113?,114?,115?,116?,117?,118?/m1/s1. The molecule has 24 atom stereocenters. The Balaban J connectivity index is 0.672. The van der Waals surface area contributed by atoms with Crippen molar-refractivity contribution in [1.82, 2.24) is 77.2 Å². The number of nitrogens with one attached hydrogen (secondary N) is 3. The number of nitrogens with two attached hydrogens (primary N) is 3. The lowest BCUT2D eigenvalue weighted by Gasteiger charge is -2.36. The molecule has 0 radical (unpaired) electrons. The van der Waals surface area contributed by atoms with E-state index in [0.29, 0.717) is 5.56 Å². The highest BCUT2D eigenvalue weighted by molar-refractivity contribution is 8.32. The van der Waals surface area contributed by atoms with E-state index in [1.54, 1.807) is 13.8 Å². The number of anilines is 3. The number of aromatic amines is 3. The number of aromatic nitrogens is 16. The molecule has 14 heterocycles. The van der Waals surface area contributed by atoms with Crippen molar-refractivity contribution in [2.24, 2.45) is 0 Å². The molecule has 8 aromatic heterocycles. The number of hydrogen-bond donors (Lipinski definition) is 7. The van der Waals surface area contributed by atoms with Gasteiger partial charge >= 0.3 is 29.5 Å².